The molecule has 2 fully saturated rings. The van der Waals surface area contributed by atoms with Crippen molar-refractivity contribution in [3.8, 4) is 0 Å². The van der Waals surface area contributed by atoms with Crippen LogP contribution in [0.5, 0.6) is 0 Å². The molecule has 0 unspecified atom stereocenters. The predicted molar refractivity (Wildman–Crippen MR) is 132 cm³/mol. The highest BCUT2D eigenvalue weighted by atomic mass is 32.2. The standard InChI is InChI=1S/C24H28F3N5O4S/c1-37(35,36)29-15-23(11-3-12-23)16-5-8-18(9-6-16)32-13-2-4-19(21(32)33)30-22(34)31-20-10-7-17(14-28-20)24(25,26)27/h5-10,14,19,29H,2-4,11-13,15H2,1H3,(H2,28,30,31,34)/t19-/m1/s1. The highest BCUT2D eigenvalue weighted by molar-refractivity contribution is 7.88. The Labute approximate surface area is 212 Å². The van der Waals surface area contributed by atoms with Crippen molar-refractivity contribution in [2.24, 2.45) is 0 Å². The number of pyridine rings is 1. The molecule has 1 aliphatic carbocycles. The highest BCUT2D eigenvalue weighted by Gasteiger charge is 2.39. The topological polar surface area (TPSA) is 120 Å². The van der Waals surface area contributed by atoms with E-state index < -0.39 is 33.8 Å². The van der Waals surface area contributed by atoms with E-state index in [2.05, 4.69) is 20.3 Å². The van der Waals surface area contributed by atoms with Gasteiger partial charge in [0.1, 0.15) is 11.9 Å². The fourth-order valence-corrected chi connectivity index (χ4v) is 5.19. The van der Waals surface area contributed by atoms with Crippen LogP contribution >= 0.6 is 0 Å². The summed E-state index contributed by atoms with van der Waals surface area (Å²) in [5, 5.41) is 4.93. The average Bonchev–Trinajstić information content (AvgIpc) is 2.79. The number of nitrogens with one attached hydrogen (secondary N) is 3. The Morgan fingerprint density at radius 1 is 1.14 bits per heavy atom. The lowest BCUT2D eigenvalue weighted by molar-refractivity contribution is -0.137. The molecule has 4 rings (SSSR count). The fourth-order valence-electron chi connectivity index (χ4n) is 4.65. The van der Waals surface area contributed by atoms with Gasteiger partial charge >= 0.3 is 12.2 Å². The first kappa shape index (κ1) is 26.9. The Hall–Kier alpha value is -3.19. The third-order valence-electron chi connectivity index (χ3n) is 6.85. The number of nitrogens with zero attached hydrogens (tertiary/aromatic N) is 2. The van der Waals surface area contributed by atoms with Crippen molar-refractivity contribution in [3.05, 3.63) is 53.7 Å². The van der Waals surface area contributed by atoms with Crippen LogP contribution in [0.25, 0.3) is 0 Å². The number of amides is 3. The molecule has 9 nitrogen and oxygen atoms in total. The molecule has 2 aliphatic rings. The van der Waals surface area contributed by atoms with Gasteiger partial charge < -0.3 is 10.2 Å². The number of aromatic nitrogens is 1. The maximum absolute atomic E-state index is 13.1. The zero-order valence-electron chi connectivity index (χ0n) is 20.1. The van der Waals surface area contributed by atoms with Gasteiger partial charge in [-0.25, -0.2) is 22.9 Å². The minimum Gasteiger partial charge on any atom is -0.326 e. The van der Waals surface area contributed by atoms with E-state index in [4.69, 9.17) is 0 Å². The van der Waals surface area contributed by atoms with Gasteiger partial charge in [0.15, 0.2) is 0 Å². The number of anilines is 2. The molecule has 0 spiro atoms. The molecule has 13 heteroatoms. The Balaban J connectivity index is 1.38. The summed E-state index contributed by atoms with van der Waals surface area (Å²) in [6.07, 6.45) is 1.02. The second-order valence-corrected chi connectivity index (χ2v) is 11.3. The van der Waals surface area contributed by atoms with Crippen LogP contribution < -0.4 is 20.3 Å². The molecule has 3 N–H and O–H groups in total. The molecule has 1 atom stereocenters. The van der Waals surface area contributed by atoms with Crippen LogP contribution in [0.15, 0.2) is 42.6 Å². The molecule has 1 aliphatic heterocycles. The van der Waals surface area contributed by atoms with E-state index >= 15 is 0 Å². The molecule has 2 heterocycles. The number of rotatable bonds is 7. The van der Waals surface area contributed by atoms with Gasteiger partial charge in [0.2, 0.25) is 15.9 Å². The van der Waals surface area contributed by atoms with Gasteiger partial charge in [0, 0.05) is 30.4 Å². The van der Waals surface area contributed by atoms with Crippen LogP contribution in [0.2, 0.25) is 0 Å². The summed E-state index contributed by atoms with van der Waals surface area (Å²) in [5.41, 5.74) is 0.469. The summed E-state index contributed by atoms with van der Waals surface area (Å²) in [5.74, 6) is -0.372. The number of hydrogen-bond acceptors (Lipinski definition) is 5. The lowest BCUT2D eigenvalue weighted by Crippen LogP contribution is -2.53. The minimum absolute atomic E-state index is 0.0727. The monoisotopic (exact) mass is 539 g/mol. The van der Waals surface area contributed by atoms with E-state index in [1.807, 2.05) is 24.3 Å². The zero-order chi connectivity index (χ0) is 26.8. The molecule has 1 saturated heterocycles. The van der Waals surface area contributed by atoms with E-state index in [0.29, 0.717) is 37.8 Å². The SMILES string of the molecule is CS(=O)(=O)NCC1(c2ccc(N3CCC[C@@H](NC(=O)Nc4ccc(C(F)(F)F)cn4)C3=O)cc2)CCC1. The largest absolute Gasteiger partial charge is 0.417 e. The van der Waals surface area contributed by atoms with Gasteiger partial charge in [-0.05, 0) is 55.5 Å². The van der Waals surface area contributed by atoms with Crippen molar-refractivity contribution in [2.45, 2.75) is 49.7 Å². The van der Waals surface area contributed by atoms with E-state index in [1.165, 1.54) is 0 Å². The smallest absolute Gasteiger partial charge is 0.326 e. The fraction of sp³-hybridized carbons (Fsp3) is 0.458. The van der Waals surface area contributed by atoms with Gasteiger partial charge in [-0.2, -0.15) is 13.2 Å². The van der Waals surface area contributed by atoms with Crippen molar-refractivity contribution in [2.75, 3.05) is 29.6 Å². The van der Waals surface area contributed by atoms with Gasteiger partial charge in [0.25, 0.3) is 0 Å². The second kappa shape index (κ2) is 10.3. The van der Waals surface area contributed by atoms with Crippen molar-refractivity contribution in [1.29, 1.82) is 0 Å². The molecule has 0 radical (unpaired) electrons. The molecular formula is C24H28F3N5O4S. The molecular weight excluding hydrogens is 511 g/mol. The van der Waals surface area contributed by atoms with Crippen molar-refractivity contribution in [3.63, 3.8) is 0 Å². The first-order valence-electron chi connectivity index (χ1n) is 11.8. The van der Waals surface area contributed by atoms with E-state index in [1.54, 1.807) is 4.90 Å². The molecule has 1 aromatic carbocycles. The maximum Gasteiger partial charge on any atom is 0.417 e. The second-order valence-electron chi connectivity index (χ2n) is 9.49. The van der Waals surface area contributed by atoms with E-state index in [0.717, 1.165) is 43.2 Å². The summed E-state index contributed by atoms with van der Waals surface area (Å²) in [6.45, 7) is 0.794. The number of halogens is 3. The number of urea groups is 1. The summed E-state index contributed by atoms with van der Waals surface area (Å²) < 4.78 is 63.8. The Bertz CT molecular complexity index is 1250. The van der Waals surface area contributed by atoms with Crippen LogP contribution in [-0.4, -0.2) is 50.7 Å². The third kappa shape index (κ3) is 6.39. The lowest BCUT2D eigenvalue weighted by atomic mass is 9.64. The normalized spacial score (nSPS) is 19.7. The number of carbonyl (C=O) groups is 2. The molecule has 1 saturated carbocycles. The van der Waals surface area contributed by atoms with Crippen molar-refractivity contribution < 1.29 is 31.2 Å². The molecule has 3 amide bonds. The van der Waals surface area contributed by atoms with Gasteiger partial charge in [-0.3, -0.25) is 10.1 Å². The van der Waals surface area contributed by atoms with Crippen LogP contribution in [0.4, 0.5) is 29.5 Å². The number of carbonyl (C=O) groups excluding carboxylic acids is 2. The Morgan fingerprint density at radius 2 is 1.84 bits per heavy atom. The lowest BCUT2D eigenvalue weighted by Gasteiger charge is -2.42. The number of alkyl halides is 3. The third-order valence-corrected chi connectivity index (χ3v) is 7.52. The highest BCUT2D eigenvalue weighted by Crippen LogP contribution is 2.43. The first-order chi connectivity index (χ1) is 17.4. The van der Waals surface area contributed by atoms with E-state index in [-0.39, 0.29) is 17.1 Å². The van der Waals surface area contributed by atoms with Gasteiger partial charge in [-0.15, -0.1) is 0 Å². The predicted octanol–water partition coefficient (Wildman–Crippen LogP) is 3.39. The molecule has 37 heavy (non-hydrogen) atoms. The summed E-state index contributed by atoms with van der Waals surface area (Å²) >= 11 is 0. The zero-order valence-corrected chi connectivity index (χ0v) is 21.0. The van der Waals surface area contributed by atoms with Gasteiger partial charge in [-0.1, -0.05) is 18.6 Å². The average molecular weight is 540 g/mol. The number of hydrogen-bond donors (Lipinski definition) is 3. The molecule has 2 aromatic rings. The Kier molecular flexibility index (Phi) is 7.47. The van der Waals surface area contributed by atoms with Crippen LogP contribution in [0.3, 0.4) is 0 Å². The number of piperidine rings is 1. The van der Waals surface area contributed by atoms with Crippen molar-refractivity contribution >= 4 is 33.5 Å². The number of benzene rings is 1. The van der Waals surface area contributed by atoms with Crippen LogP contribution in [0.1, 0.15) is 43.2 Å². The van der Waals surface area contributed by atoms with Crippen LogP contribution in [0, 0.1) is 0 Å². The Morgan fingerprint density at radius 3 is 2.38 bits per heavy atom. The molecule has 200 valence electrons. The first-order valence-corrected chi connectivity index (χ1v) is 13.7. The maximum atomic E-state index is 13.1. The van der Waals surface area contributed by atoms with Crippen LogP contribution in [-0.2, 0) is 26.4 Å². The molecule has 1 aromatic heterocycles. The number of sulfonamides is 1. The summed E-state index contributed by atoms with van der Waals surface area (Å²) in [4.78, 5) is 30.7. The van der Waals surface area contributed by atoms with Crippen molar-refractivity contribution in [1.82, 2.24) is 15.0 Å². The summed E-state index contributed by atoms with van der Waals surface area (Å²) in [6, 6.07) is 7.76. The summed E-state index contributed by atoms with van der Waals surface area (Å²) in [7, 11) is -3.31. The quantitative estimate of drug-likeness (QED) is 0.498. The molecule has 0 bridgehead atoms. The minimum atomic E-state index is -4.53. The van der Waals surface area contributed by atoms with E-state index in [9.17, 15) is 31.2 Å². The van der Waals surface area contributed by atoms with Gasteiger partial charge in [0.05, 0.1) is 11.8 Å².